The van der Waals surface area contributed by atoms with E-state index in [4.69, 9.17) is 5.11 Å². The molecule has 3 nitrogen and oxygen atoms in total. The molecule has 0 bridgehead atoms. The topological polar surface area (TPSA) is 40.5 Å². The molecule has 1 aromatic carbocycles. The number of rotatable bonds is 5. The number of benzene rings is 1. The number of thiophene rings is 1. The molecule has 0 radical (unpaired) electrons. The average molecular weight is 263 g/mol. The number of nitrogens with zero attached hydrogens (tertiary/aromatic N) is 1. The molecule has 96 valence electrons. The van der Waals surface area contributed by atoms with Crippen LogP contribution >= 0.6 is 11.3 Å². The van der Waals surface area contributed by atoms with E-state index in [1.54, 1.807) is 11.3 Å². The second-order valence-corrected chi connectivity index (χ2v) is 5.61. The van der Waals surface area contributed by atoms with E-state index in [2.05, 4.69) is 22.4 Å². The van der Waals surface area contributed by atoms with Crippen LogP contribution in [0, 0.1) is 5.92 Å². The fraction of sp³-hybridized carbons (Fsp3) is 0.357. The third kappa shape index (κ3) is 2.82. The van der Waals surface area contributed by atoms with Crippen LogP contribution < -0.4 is 4.90 Å². The van der Waals surface area contributed by atoms with Crippen molar-refractivity contribution < 1.29 is 9.90 Å². The van der Waals surface area contributed by atoms with Crippen molar-refractivity contribution in [1.29, 1.82) is 0 Å². The van der Waals surface area contributed by atoms with Crippen LogP contribution in [0.5, 0.6) is 0 Å². The fourth-order valence-corrected chi connectivity index (χ4v) is 3.19. The normalized spacial score (nSPS) is 12.6. The number of aliphatic carboxylic acids is 1. The molecule has 1 atom stereocenters. The summed E-state index contributed by atoms with van der Waals surface area (Å²) in [7, 11) is 2.02. The zero-order valence-corrected chi connectivity index (χ0v) is 11.4. The number of anilines is 1. The number of carbonyl (C=O) groups is 1. The third-order valence-corrected chi connectivity index (χ3v) is 3.93. The maximum absolute atomic E-state index is 10.7. The van der Waals surface area contributed by atoms with Crippen LogP contribution in [-0.4, -0.2) is 24.7 Å². The van der Waals surface area contributed by atoms with Gasteiger partial charge in [-0.15, -0.1) is 11.3 Å². The number of carboxylic acid groups (broad SMARTS) is 1. The highest BCUT2D eigenvalue weighted by atomic mass is 32.1. The van der Waals surface area contributed by atoms with E-state index in [1.807, 2.05) is 26.1 Å². The highest BCUT2D eigenvalue weighted by Crippen LogP contribution is 2.32. The monoisotopic (exact) mass is 263 g/mol. The van der Waals surface area contributed by atoms with Crippen LogP contribution in [0.1, 0.15) is 13.3 Å². The molecule has 1 N–H and O–H groups in total. The Bertz CT molecular complexity index is 549. The van der Waals surface area contributed by atoms with Crippen molar-refractivity contribution >= 4 is 33.1 Å². The van der Waals surface area contributed by atoms with Gasteiger partial charge in [-0.1, -0.05) is 25.1 Å². The summed E-state index contributed by atoms with van der Waals surface area (Å²) in [5.41, 5.74) is 1.19. The van der Waals surface area contributed by atoms with Crippen LogP contribution in [0.25, 0.3) is 10.1 Å². The first kappa shape index (κ1) is 12.9. The molecule has 2 aromatic rings. The summed E-state index contributed by atoms with van der Waals surface area (Å²) >= 11 is 1.73. The predicted molar refractivity (Wildman–Crippen MR) is 76.5 cm³/mol. The SMILES string of the molecule is CC(CC(=O)O)CN(C)c1csc2ccccc12. The van der Waals surface area contributed by atoms with E-state index in [0.29, 0.717) is 0 Å². The molecule has 0 aliphatic carbocycles. The van der Waals surface area contributed by atoms with Gasteiger partial charge in [0.15, 0.2) is 0 Å². The molecule has 2 rings (SSSR count). The molecule has 1 unspecified atom stereocenters. The van der Waals surface area contributed by atoms with Crippen LogP contribution in [0.3, 0.4) is 0 Å². The van der Waals surface area contributed by atoms with Gasteiger partial charge in [0.25, 0.3) is 0 Å². The Morgan fingerprint density at radius 2 is 2.17 bits per heavy atom. The zero-order valence-electron chi connectivity index (χ0n) is 10.6. The van der Waals surface area contributed by atoms with Gasteiger partial charge >= 0.3 is 5.97 Å². The van der Waals surface area contributed by atoms with Gasteiger partial charge in [-0.2, -0.15) is 0 Å². The summed E-state index contributed by atoms with van der Waals surface area (Å²) in [6.45, 7) is 2.73. The Morgan fingerprint density at radius 1 is 1.44 bits per heavy atom. The van der Waals surface area contributed by atoms with E-state index in [0.717, 1.165) is 6.54 Å². The summed E-state index contributed by atoms with van der Waals surface area (Å²) in [4.78, 5) is 12.8. The number of hydrogen-bond donors (Lipinski definition) is 1. The van der Waals surface area contributed by atoms with Crippen molar-refractivity contribution in [3.05, 3.63) is 29.6 Å². The van der Waals surface area contributed by atoms with Crippen molar-refractivity contribution in [3.8, 4) is 0 Å². The van der Waals surface area contributed by atoms with Gasteiger partial charge in [0, 0.05) is 35.5 Å². The second-order valence-electron chi connectivity index (χ2n) is 4.70. The minimum absolute atomic E-state index is 0.145. The fourth-order valence-electron chi connectivity index (χ4n) is 2.19. The van der Waals surface area contributed by atoms with Gasteiger partial charge in [-0.25, -0.2) is 0 Å². The van der Waals surface area contributed by atoms with E-state index in [9.17, 15) is 4.79 Å². The third-order valence-electron chi connectivity index (χ3n) is 2.98. The maximum atomic E-state index is 10.7. The number of hydrogen-bond acceptors (Lipinski definition) is 3. The highest BCUT2D eigenvalue weighted by Gasteiger charge is 2.13. The highest BCUT2D eigenvalue weighted by molar-refractivity contribution is 7.17. The smallest absolute Gasteiger partial charge is 0.303 e. The number of fused-ring (bicyclic) bond motifs is 1. The molecule has 0 spiro atoms. The first-order chi connectivity index (χ1) is 8.58. The van der Waals surface area contributed by atoms with Crippen LogP contribution in [-0.2, 0) is 4.79 Å². The predicted octanol–water partition coefficient (Wildman–Crippen LogP) is 3.45. The summed E-state index contributed by atoms with van der Waals surface area (Å²) < 4.78 is 1.27. The summed E-state index contributed by atoms with van der Waals surface area (Å²) in [5.74, 6) is -0.586. The molecule has 1 heterocycles. The van der Waals surface area contributed by atoms with Gasteiger partial charge in [0.1, 0.15) is 0 Å². The lowest BCUT2D eigenvalue weighted by molar-refractivity contribution is -0.137. The maximum Gasteiger partial charge on any atom is 0.303 e. The lowest BCUT2D eigenvalue weighted by Crippen LogP contribution is -2.25. The summed E-state index contributed by atoms with van der Waals surface area (Å²) in [6, 6.07) is 8.29. The minimum atomic E-state index is -0.730. The van der Waals surface area contributed by atoms with Gasteiger partial charge in [0.2, 0.25) is 0 Å². The Labute approximate surface area is 111 Å². The van der Waals surface area contributed by atoms with Gasteiger partial charge in [0.05, 0.1) is 5.69 Å². The molecule has 0 aliphatic rings. The quantitative estimate of drug-likeness (QED) is 0.898. The van der Waals surface area contributed by atoms with Crippen molar-refractivity contribution in [2.24, 2.45) is 5.92 Å². The lowest BCUT2D eigenvalue weighted by atomic mass is 10.1. The van der Waals surface area contributed by atoms with Crippen LogP contribution in [0.2, 0.25) is 0 Å². The van der Waals surface area contributed by atoms with Crippen molar-refractivity contribution in [2.45, 2.75) is 13.3 Å². The Hall–Kier alpha value is -1.55. The van der Waals surface area contributed by atoms with Gasteiger partial charge in [-0.05, 0) is 12.0 Å². The molecule has 0 saturated heterocycles. The molecule has 18 heavy (non-hydrogen) atoms. The van der Waals surface area contributed by atoms with E-state index >= 15 is 0 Å². The molecule has 0 saturated carbocycles. The summed E-state index contributed by atoms with van der Waals surface area (Å²) in [6.07, 6.45) is 0.215. The molecule has 0 aliphatic heterocycles. The van der Waals surface area contributed by atoms with E-state index in [-0.39, 0.29) is 12.3 Å². The van der Waals surface area contributed by atoms with Crippen LogP contribution in [0.15, 0.2) is 29.6 Å². The van der Waals surface area contributed by atoms with E-state index in [1.165, 1.54) is 15.8 Å². The largest absolute Gasteiger partial charge is 0.481 e. The summed E-state index contributed by atoms with van der Waals surface area (Å²) in [5, 5.41) is 12.2. The number of carboxylic acids is 1. The first-order valence-corrected chi connectivity index (χ1v) is 6.85. The molecular weight excluding hydrogens is 246 g/mol. The second kappa shape index (κ2) is 5.40. The molecule has 0 amide bonds. The van der Waals surface area contributed by atoms with Crippen molar-refractivity contribution in [1.82, 2.24) is 0 Å². The molecular formula is C14H17NO2S. The van der Waals surface area contributed by atoms with Gasteiger partial charge in [-0.3, -0.25) is 4.79 Å². The Kier molecular flexibility index (Phi) is 3.87. The van der Waals surface area contributed by atoms with Crippen LogP contribution in [0.4, 0.5) is 5.69 Å². The molecule has 1 aromatic heterocycles. The molecule has 0 fully saturated rings. The zero-order chi connectivity index (χ0) is 13.1. The van der Waals surface area contributed by atoms with Crippen molar-refractivity contribution in [3.63, 3.8) is 0 Å². The Morgan fingerprint density at radius 3 is 2.89 bits per heavy atom. The van der Waals surface area contributed by atoms with Gasteiger partial charge < -0.3 is 10.0 Å². The standard InChI is InChI=1S/C14H17NO2S/c1-10(7-14(16)17)8-15(2)12-9-18-13-6-4-3-5-11(12)13/h3-6,9-10H,7-8H2,1-2H3,(H,16,17). The van der Waals surface area contributed by atoms with E-state index < -0.39 is 5.97 Å². The molecule has 4 heteroatoms. The lowest BCUT2D eigenvalue weighted by Gasteiger charge is -2.22. The Balaban J connectivity index is 2.13. The first-order valence-electron chi connectivity index (χ1n) is 5.97. The van der Waals surface area contributed by atoms with Crippen molar-refractivity contribution in [2.75, 3.05) is 18.5 Å². The minimum Gasteiger partial charge on any atom is -0.481 e. The average Bonchev–Trinajstić information content (AvgIpc) is 2.71.